The van der Waals surface area contributed by atoms with Gasteiger partial charge in [0.15, 0.2) is 0 Å². The Morgan fingerprint density at radius 3 is 0.865 bits per heavy atom. The Hall–Kier alpha value is -9.03. The Bertz CT molecular complexity index is 2820. The second-order valence-electron chi connectivity index (χ2n) is 14.7. The number of nitro benzene ring substituents is 4. The quantitative estimate of drug-likeness (QED) is 0.0303. The fourth-order valence-electron chi connectivity index (χ4n) is 6.00. The van der Waals surface area contributed by atoms with E-state index in [0.29, 0.717) is 5.69 Å². The summed E-state index contributed by atoms with van der Waals surface area (Å²) in [5.74, 6) is -2.44. The standard InChI is InChI=1S/C27H18N6O9.C9H3Cl3O3.C6H6N2O2.C6H15N/c34-25(28-19-4-1-7-22(13-19)31(37)38)16-10-17(26(35)29-20-5-2-8-23(14-20)32(39)40)12-18(11-16)27(36)30-21-6-3-9-24(15-21)33(41)42;10-7(13)4-1-5(8(11)14)3-6(2-4)9(12)15;7-5-2-1-3-6(4-5)8(9)10;1-4-7(5-2)6-3/h1-15H,(H,28,34)(H,29,35)(H,30,36);1-3H;1-4H,7H2;4-6H2,1-3H3. The van der Waals surface area contributed by atoms with E-state index in [9.17, 15) is 69.2 Å². The second-order valence-corrected chi connectivity index (χ2v) is 15.7. The largest absolute Gasteiger partial charge is 0.399 e. The zero-order chi connectivity index (χ0) is 55.2. The van der Waals surface area contributed by atoms with E-state index < -0.39 is 53.1 Å². The van der Waals surface area contributed by atoms with Gasteiger partial charge in [0.05, 0.1) is 19.7 Å². The number of rotatable bonds is 16. The molecule has 0 atom stereocenters. The summed E-state index contributed by atoms with van der Waals surface area (Å²) in [7, 11) is 0. The lowest BCUT2D eigenvalue weighted by Crippen LogP contribution is -2.21. The molecule has 26 heteroatoms. The molecule has 0 unspecified atom stereocenters. The van der Waals surface area contributed by atoms with Crippen LogP contribution in [0.5, 0.6) is 0 Å². The van der Waals surface area contributed by atoms with Crippen LogP contribution >= 0.6 is 34.8 Å². The fourth-order valence-corrected chi connectivity index (χ4v) is 6.33. The molecule has 0 aliphatic heterocycles. The maximum atomic E-state index is 13.1. The molecule has 0 heterocycles. The minimum absolute atomic E-state index is 0.00725. The van der Waals surface area contributed by atoms with Crippen LogP contribution in [0.1, 0.15) is 82.9 Å². The summed E-state index contributed by atoms with van der Waals surface area (Å²) in [6.45, 7) is 10.1. The summed E-state index contributed by atoms with van der Waals surface area (Å²) in [5, 5.41) is 48.4. The molecule has 0 aliphatic carbocycles. The number of carbonyl (C=O) groups excluding carboxylic acids is 6. The monoisotopic (exact) mass is 1070 g/mol. The van der Waals surface area contributed by atoms with Crippen molar-refractivity contribution in [1.29, 1.82) is 0 Å². The van der Waals surface area contributed by atoms with Crippen molar-refractivity contribution in [1.82, 2.24) is 4.90 Å². The zero-order valence-corrected chi connectivity index (χ0v) is 41.3. The van der Waals surface area contributed by atoms with E-state index in [4.69, 9.17) is 40.5 Å². The third-order valence-corrected chi connectivity index (χ3v) is 10.4. The van der Waals surface area contributed by atoms with Gasteiger partial charge in [-0.25, -0.2) is 0 Å². The van der Waals surface area contributed by atoms with E-state index >= 15 is 0 Å². The van der Waals surface area contributed by atoms with Gasteiger partial charge in [0.25, 0.3) is 56.2 Å². The minimum atomic E-state index is -0.815. The molecule has 0 aliphatic rings. The number of nitrogens with two attached hydrogens (primary N) is 1. The average Bonchev–Trinajstić information content (AvgIpc) is 3.37. The van der Waals surface area contributed by atoms with Crippen LogP contribution in [0.3, 0.4) is 0 Å². The van der Waals surface area contributed by atoms with Crippen LogP contribution in [0.2, 0.25) is 0 Å². The molecular weight excluding hydrogens is 1030 g/mol. The Morgan fingerprint density at radius 2 is 0.662 bits per heavy atom. The molecule has 0 spiro atoms. The minimum Gasteiger partial charge on any atom is -0.399 e. The number of hydrogen-bond donors (Lipinski definition) is 4. The zero-order valence-electron chi connectivity index (χ0n) is 39.0. The number of halogens is 3. The molecule has 5 N–H and O–H groups in total. The summed E-state index contributed by atoms with van der Waals surface area (Å²) in [6, 6.07) is 28.2. The highest BCUT2D eigenvalue weighted by Gasteiger charge is 2.20. The van der Waals surface area contributed by atoms with Crippen molar-refractivity contribution in [3.05, 3.63) is 207 Å². The highest BCUT2D eigenvalue weighted by molar-refractivity contribution is 6.70. The van der Waals surface area contributed by atoms with Crippen molar-refractivity contribution >= 4 is 114 Å². The van der Waals surface area contributed by atoms with Crippen LogP contribution in [0.4, 0.5) is 45.5 Å². The van der Waals surface area contributed by atoms with Crippen molar-refractivity contribution in [2.75, 3.05) is 41.3 Å². The first kappa shape index (κ1) is 59.3. The van der Waals surface area contributed by atoms with Crippen LogP contribution in [0.15, 0.2) is 133 Å². The first-order valence-corrected chi connectivity index (χ1v) is 22.4. The topological polar surface area (TPSA) is 340 Å². The van der Waals surface area contributed by atoms with Crippen molar-refractivity contribution in [2.45, 2.75) is 20.8 Å². The highest BCUT2D eigenvalue weighted by Crippen LogP contribution is 2.23. The molecule has 0 saturated carbocycles. The lowest BCUT2D eigenvalue weighted by atomic mass is 10.0. The molecule has 6 rings (SSSR count). The fraction of sp³-hybridized carbons (Fsp3) is 0.125. The van der Waals surface area contributed by atoms with Gasteiger partial charge in [-0.1, -0.05) is 45.0 Å². The van der Waals surface area contributed by atoms with E-state index in [1.807, 2.05) is 0 Å². The Labute approximate surface area is 434 Å². The summed E-state index contributed by atoms with van der Waals surface area (Å²) in [5.41, 5.74) is 4.53. The molecule has 0 aromatic heterocycles. The van der Waals surface area contributed by atoms with Gasteiger partial charge in [-0.2, -0.15) is 0 Å². The third-order valence-electron chi connectivity index (χ3n) is 9.70. The molecule has 6 aromatic carbocycles. The summed E-state index contributed by atoms with van der Waals surface area (Å²) in [4.78, 5) is 115. The Morgan fingerprint density at radius 1 is 0.419 bits per heavy atom. The van der Waals surface area contributed by atoms with Crippen LogP contribution in [0, 0.1) is 40.5 Å². The van der Waals surface area contributed by atoms with Crippen molar-refractivity contribution in [3.63, 3.8) is 0 Å². The lowest BCUT2D eigenvalue weighted by molar-refractivity contribution is -0.385. The lowest BCUT2D eigenvalue weighted by Gasteiger charge is -2.13. The van der Waals surface area contributed by atoms with E-state index in [1.54, 1.807) is 12.1 Å². The maximum Gasteiger partial charge on any atom is 0.271 e. The predicted octanol–water partition coefficient (Wildman–Crippen LogP) is 10.5. The molecule has 3 amide bonds. The average molecular weight is 1080 g/mol. The number of anilines is 4. The summed E-state index contributed by atoms with van der Waals surface area (Å²) in [6.07, 6.45) is 0. The number of hydrogen-bond acceptors (Lipinski definition) is 16. The molecule has 0 fully saturated rings. The first-order valence-electron chi connectivity index (χ1n) is 21.3. The van der Waals surface area contributed by atoms with Gasteiger partial charge >= 0.3 is 0 Å². The first-order chi connectivity index (χ1) is 35.0. The number of nitro groups is 4. The number of amides is 3. The third kappa shape index (κ3) is 18.9. The Kier molecular flexibility index (Phi) is 23.0. The normalized spacial score (nSPS) is 10.0. The van der Waals surface area contributed by atoms with E-state index in [1.165, 1.54) is 105 Å². The van der Waals surface area contributed by atoms with Gasteiger partial charge in [0, 0.05) is 105 Å². The molecule has 23 nitrogen and oxygen atoms in total. The summed E-state index contributed by atoms with van der Waals surface area (Å²) < 4.78 is 0. The van der Waals surface area contributed by atoms with Gasteiger partial charge in [-0.05, 0) is 115 Å². The van der Waals surface area contributed by atoms with Gasteiger partial charge in [-0.3, -0.25) is 69.2 Å². The second kappa shape index (κ2) is 28.7. The maximum absolute atomic E-state index is 13.1. The molecule has 0 radical (unpaired) electrons. The SMILES string of the molecule is CCN(CC)CC.Nc1cccc([N+](=O)[O-])c1.O=C(Cl)c1cc(C(=O)Cl)cc(C(=O)Cl)c1.O=C(Nc1cccc([N+](=O)[O-])c1)c1cc(C(=O)Nc2cccc([N+](=O)[O-])c2)cc(C(=O)Nc2cccc([N+](=O)[O-])c2)c1. The van der Waals surface area contributed by atoms with Gasteiger partial charge in [-0.15, -0.1) is 0 Å². The number of nitrogens with zero attached hydrogens (tertiary/aromatic N) is 5. The van der Waals surface area contributed by atoms with Gasteiger partial charge in [0.1, 0.15) is 0 Å². The smallest absolute Gasteiger partial charge is 0.271 e. The molecule has 0 saturated heterocycles. The molecule has 6 aromatic rings. The Balaban J connectivity index is 0.000000362. The van der Waals surface area contributed by atoms with Gasteiger partial charge in [0.2, 0.25) is 0 Å². The number of nitrogens with one attached hydrogen (secondary N) is 3. The van der Waals surface area contributed by atoms with Crippen LogP contribution in [0.25, 0.3) is 0 Å². The number of nitrogen functional groups attached to an aromatic ring is 1. The molecule has 0 bridgehead atoms. The van der Waals surface area contributed by atoms with Crippen LogP contribution in [-0.4, -0.2) is 77.7 Å². The van der Waals surface area contributed by atoms with Crippen molar-refractivity contribution < 1.29 is 48.5 Å². The van der Waals surface area contributed by atoms with E-state index in [2.05, 4.69) is 41.6 Å². The van der Waals surface area contributed by atoms with E-state index in [0.717, 1.165) is 36.4 Å². The molecule has 74 heavy (non-hydrogen) atoms. The van der Waals surface area contributed by atoms with Crippen molar-refractivity contribution in [2.24, 2.45) is 0 Å². The number of benzene rings is 6. The van der Waals surface area contributed by atoms with Crippen LogP contribution < -0.4 is 21.7 Å². The molecular formula is C48H42Cl3N9O14. The van der Waals surface area contributed by atoms with Crippen molar-refractivity contribution in [3.8, 4) is 0 Å². The van der Waals surface area contributed by atoms with Crippen LogP contribution in [-0.2, 0) is 0 Å². The summed E-state index contributed by atoms with van der Waals surface area (Å²) >= 11 is 15.6. The van der Waals surface area contributed by atoms with E-state index in [-0.39, 0.29) is 73.2 Å². The highest BCUT2D eigenvalue weighted by atomic mass is 35.5. The number of non-ortho nitro benzene ring substituents is 4. The number of carbonyl (C=O) groups is 6. The molecule has 384 valence electrons. The van der Waals surface area contributed by atoms with Gasteiger partial charge < -0.3 is 26.6 Å². The predicted molar refractivity (Wildman–Crippen MR) is 278 cm³/mol.